The van der Waals surface area contributed by atoms with Crippen LogP contribution in [0.4, 0.5) is 0 Å². The Morgan fingerprint density at radius 1 is 1.09 bits per heavy atom. The maximum absolute atomic E-state index is 13.0. The summed E-state index contributed by atoms with van der Waals surface area (Å²) in [6.07, 6.45) is 3.39. The van der Waals surface area contributed by atoms with Crippen LogP contribution in [0.2, 0.25) is 6.04 Å². The first kappa shape index (κ1) is 18.1. The quantitative estimate of drug-likeness (QED) is 0.703. The van der Waals surface area contributed by atoms with Crippen molar-refractivity contribution in [1.29, 1.82) is 0 Å². The molecule has 1 unspecified atom stereocenters. The van der Waals surface area contributed by atoms with Gasteiger partial charge in [0.25, 0.3) is 0 Å². The van der Waals surface area contributed by atoms with Crippen molar-refractivity contribution in [3.05, 3.63) is 41.0 Å². The Morgan fingerprint density at radius 3 is 2.26 bits per heavy atom. The van der Waals surface area contributed by atoms with Gasteiger partial charge in [-0.15, -0.1) is 0 Å². The fourth-order valence-electron chi connectivity index (χ4n) is 3.17. The molecule has 1 aliphatic carbocycles. The minimum atomic E-state index is -1.79. The van der Waals surface area contributed by atoms with E-state index in [0.717, 1.165) is 12.5 Å². The van der Waals surface area contributed by atoms with E-state index in [4.69, 9.17) is 0 Å². The van der Waals surface area contributed by atoms with Crippen molar-refractivity contribution in [1.82, 2.24) is 4.57 Å². The second-order valence-corrected chi connectivity index (χ2v) is 10.8. The van der Waals surface area contributed by atoms with Gasteiger partial charge >= 0.3 is 8.84 Å². The monoisotopic (exact) mass is 329 g/mol. The number of hydrogen-bond donors (Lipinski definition) is 0. The summed E-state index contributed by atoms with van der Waals surface area (Å²) in [4.78, 5) is 0. The van der Waals surface area contributed by atoms with Crippen molar-refractivity contribution in [2.45, 2.75) is 65.5 Å². The van der Waals surface area contributed by atoms with Crippen LogP contribution in [0.3, 0.4) is 0 Å². The maximum atomic E-state index is 13.0. The molecule has 2 nitrogen and oxygen atoms in total. The van der Waals surface area contributed by atoms with Crippen LogP contribution in [0.15, 0.2) is 29.8 Å². The summed E-state index contributed by atoms with van der Waals surface area (Å²) < 4.78 is 15.0. The Morgan fingerprint density at radius 2 is 1.70 bits per heavy atom. The van der Waals surface area contributed by atoms with Crippen molar-refractivity contribution < 1.29 is 4.46 Å². The highest BCUT2D eigenvalue weighted by Crippen LogP contribution is 2.44. The van der Waals surface area contributed by atoms with Gasteiger partial charge < -0.3 is 9.03 Å². The summed E-state index contributed by atoms with van der Waals surface area (Å²) in [7, 11) is 0.201. The van der Waals surface area contributed by atoms with Gasteiger partial charge in [-0.05, 0) is 43.7 Å². The van der Waals surface area contributed by atoms with Gasteiger partial charge in [0.1, 0.15) is 0 Å². The lowest BCUT2D eigenvalue weighted by molar-refractivity contribution is 0.272. The first-order valence-electron chi connectivity index (χ1n) is 8.55. The fraction of sp³-hybridized carbons (Fsp3) is 0.600. The molecule has 0 radical (unpaired) electrons. The first-order chi connectivity index (χ1) is 10.5. The molecule has 126 valence electrons. The van der Waals surface area contributed by atoms with Crippen LogP contribution >= 0.6 is 0 Å². The molecule has 0 amide bonds. The van der Waals surface area contributed by atoms with E-state index in [1.54, 1.807) is 0 Å². The third kappa shape index (κ3) is 4.41. The molecule has 1 aromatic carbocycles. The number of rotatable bonds is 4. The van der Waals surface area contributed by atoms with Crippen LogP contribution in [0, 0.1) is 5.41 Å². The molecule has 0 fully saturated rings. The molecule has 23 heavy (non-hydrogen) atoms. The molecule has 1 atom stereocenters. The number of benzene rings is 1. The van der Waals surface area contributed by atoms with Gasteiger partial charge in [-0.2, -0.15) is 0 Å². The molecule has 2 rings (SSSR count). The van der Waals surface area contributed by atoms with Crippen LogP contribution in [0.1, 0.15) is 65.0 Å². The van der Waals surface area contributed by atoms with E-state index in [1.165, 1.54) is 16.7 Å². The summed E-state index contributed by atoms with van der Waals surface area (Å²) in [6.45, 7) is 13.2. The van der Waals surface area contributed by atoms with Crippen LogP contribution in [-0.4, -0.2) is 26.0 Å². The lowest BCUT2D eigenvalue weighted by Crippen LogP contribution is -2.44. The van der Waals surface area contributed by atoms with Crippen molar-refractivity contribution in [3.8, 4) is 0 Å². The van der Waals surface area contributed by atoms with E-state index in [9.17, 15) is 4.46 Å². The zero-order chi connectivity index (χ0) is 17.4. The van der Waals surface area contributed by atoms with Gasteiger partial charge in [0.2, 0.25) is 0 Å². The summed E-state index contributed by atoms with van der Waals surface area (Å²) in [5.41, 5.74) is 4.30. The Hall–Kier alpha value is -1.22. The van der Waals surface area contributed by atoms with Gasteiger partial charge in [0.05, 0.1) is 0 Å². The molecular formula is C20H31NOSi. The van der Waals surface area contributed by atoms with E-state index in [0.29, 0.717) is 5.92 Å². The molecule has 0 saturated carbocycles. The number of allylic oxidation sites excluding steroid dienone is 1. The summed E-state index contributed by atoms with van der Waals surface area (Å²) in [6, 6.07) is 9.33. The number of fused-ring (bicyclic) bond motifs is 1. The summed E-state index contributed by atoms with van der Waals surface area (Å²) >= 11 is 0. The molecule has 0 N–H and O–H groups in total. The lowest BCUT2D eigenvalue weighted by atomic mass is 9.83. The van der Waals surface area contributed by atoms with E-state index >= 15 is 0 Å². The molecule has 0 saturated heterocycles. The third-order valence-electron chi connectivity index (χ3n) is 4.65. The Balaban J connectivity index is 2.27. The highest BCUT2D eigenvalue weighted by Gasteiger charge is 2.33. The normalized spacial score (nSPS) is 17.7. The third-order valence-corrected chi connectivity index (χ3v) is 6.83. The van der Waals surface area contributed by atoms with E-state index in [-0.39, 0.29) is 11.0 Å². The van der Waals surface area contributed by atoms with Crippen LogP contribution in [0.25, 0.3) is 6.08 Å². The van der Waals surface area contributed by atoms with Gasteiger partial charge in [-0.3, -0.25) is 0 Å². The van der Waals surface area contributed by atoms with Crippen LogP contribution < -0.4 is 0 Å². The van der Waals surface area contributed by atoms with Crippen LogP contribution in [0.5, 0.6) is 0 Å². The molecule has 0 aromatic heterocycles. The summed E-state index contributed by atoms with van der Waals surface area (Å²) in [5, 5.41) is 0. The second-order valence-electron chi connectivity index (χ2n) is 8.97. The minimum absolute atomic E-state index is 0.0535. The average molecular weight is 330 g/mol. The van der Waals surface area contributed by atoms with E-state index in [2.05, 4.69) is 76.4 Å². The minimum Gasteiger partial charge on any atom is -0.375 e. The molecule has 1 aromatic rings. The zero-order valence-electron chi connectivity index (χ0n) is 15.7. The van der Waals surface area contributed by atoms with Crippen LogP contribution in [-0.2, 0) is 4.46 Å². The lowest BCUT2D eigenvalue weighted by Gasteiger charge is -2.33. The fourth-order valence-corrected chi connectivity index (χ4v) is 5.03. The highest BCUT2D eigenvalue weighted by atomic mass is 28.3. The predicted molar refractivity (Wildman–Crippen MR) is 100.0 cm³/mol. The number of nitrogens with zero attached hydrogens (tertiary/aromatic N) is 1. The predicted octanol–water partition coefficient (Wildman–Crippen LogP) is 5.25. The van der Waals surface area contributed by atoms with Crippen molar-refractivity contribution in [2.75, 3.05) is 7.05 Å². The highest BCUT2D eigenvalue weighted by molar-refractivity contribution is 6.40. The zero-order valence-corrected chi connectivity index (χ0v) is 16.7. The van der Waals surface area contributed by atoms with Crippen molar-refractivity contribution >= 4 is 14.9 Å². The second kappa shape index (κ2) is 6.35. The Labute approximate surface area is 143 Å². The van der Waals surface area contributed by atoms with Gasteiger partial charge in [0, 0.05) is 24.5 Å². The molecule has 0 heterocycles. The molecular weight excluding hydrogens is 298 g/mol. The van der Waals surface area contributed by atoms with E-state index in [1.807, 2.05) is 7.05 Å². The van der Waals surface area contributed by atoms with Crippen molar-refractivity contribution in [2.24, 2.45) is 5.41 Å². The molecule has 0 spiro atoms. The molecule has 0 aliphatic heterocycles. The Bertz CT molecular complexity index is 619. The van der Waals surface area contributed by atoms with Gasteiger partial charge in [0.15, 0.2) is 0 Å². The molecule has 3 heteroatoms. The first-order valence-corrected chi connectivity index (χ1v) is 10.1. The van der Waals surface area contributed by atoms with Gasteiger partial charge in [-0.1, -0.05) is 56.7 Å². The smallest absolute Gasteiger partial charge is 0.375 e. The standard InChI is InChI=1S/C20H31NOSi/c1-19(2,3)13-16-12-15-10-8-9-11-17(15)18(16)14-23(22)21(7)20(4,5)6/h8-12,18H,13-14H2,1-7H3. The maximum Gasteiger partial charge on any atom is 0.395 e. The Kier molecular flexibility index (Phi) is 5.00. The number of hydrogen-bond acceptors (Lipinski definition) is 1. The summed E-state index contributed by atoms with van der Waals surface area (Å²) in [5.74, 6) is 0.307. The van der Waals surface area contributed by atoms with Gasteiger partial charge in [-0.25, -0.2) is 0 Å². The topological polar surface area (TPSA) is 20.3 Å². The molecule has 1 aliphatic rings. The van der Waals surface area contributed by atoms with Crippen molar-refractivity contribution in [3.63, 3.8) is 0 Å². The molecule has 0 bridgehead atoms. The SMILES string of the molecule is CN([Si](=O)CC1C(CC(C)(C)C)=Cc2ccccc21)C(C)(C)C. The average Bonchev–Trinajstić information content (AvgIpc) is 2.72. The van der Waals surface area contributed by atoms with E-state index < -0.39 is 8.84 Å². The largest absolute Gasteiger partial charge is 0.395 e.